The van der Waals surface area contributed by atoms with Crippen LogP contribution in [-0.2, 0) is 0 Å². The second-order valence-corrected chi connectivity index (χ2v) is 5.13. The molecule has 3 N–H and O–H groups in total. The Hall–Kier alpha value is -2.03. The molecule has 0 heterocycles. The fourth-order valence-corrected chi connectivity index (χ4v) is 2.10. The Labute approximate surface area is 164 Å². The summed E-state index contributed by atoms with van der Waals surface area (Å²) >= 11 is 0. The molecule has 0 aliphatic heterocycles. The van der Waals surface area contributed by atoms with E-state index in [9.17, 15) is 4.39 Å². The first-order valence-corrected chi connectivity index (χ1v) is 7.75. The molecule has 0 radical (unpaired) electrons. The molecule has 136 valence electrons. The van der Waals surface area contributed by atoms with Crippen LogP contribution in [0.15, 0.2) is 53.5 Å². The maximum Gasteiger partial charge on any atom is 0.193 e. The molecule has 5 nitrogen and oxygen atoms in total. The Morgan fingerprint density at radius 3 is 2.44 bits per heavy atom. The zero-order valence-electron chi connectivity index (χ0n) is 14.2. The van der Waals surface area contributed by atoms with Gasteiger partial charge in [0.2, 0.25) is 0 Å². The molecule has 0 aliphatic rings. The quantitative estimate of drug-likeness (QED) is 0.373. The van der Waals surface area contributed by atoms with Crippen LogP contribution in [0.4, 0.5) is 10.1 Å². The van der Waals surface area contributed by atoms with E-state index in [0.717, 1.165) is 5.69 Å². The molecule has 2 aromatic carbocycles. The molecule has 2 rings (SSSR count). The van der Waals surface area contributed by atoms with Gasteiger partial charge in [0.1, 0.15) is 11.9 Å². The van der Waals surface area contributed by atoms with E-state index in [-0.39, 0.29) is 47.6 Å². The van der Waals surface area contributed by atoms with Crippen LogP contribution in [0, 0.1) is 5.82 Å². The second kappa shape index (κ2) is 10.8. The summed E-state index contributed by atoms with van der Waals surface area (Å²) in [4.78, 5) is 4.27. The normalized spacial score (nSPS) is 12.0. The monoisotopic (exact) mass is 459 g/mol. The summed E-state index contributed by atoms with van der Waals surface area (Å²) < 4.78 is 24.5. The topological polar surface area (TPSA) is 68.9 Å². The summed E-state index contributed by atoms with van der Waals surface area (Å²) in [6, 6.07) is 13.7. The van der Waals surface area contributed by atoms with E-state index in [0.29, 0.717) is 18.7 Å². The highest BCUT2D eigenvalue weighted by atomic mass is 127. The zero-order valence-corrected chi connectivity index (χ0v) is 16.6. The third kappa shape index (κ3) is 6.41. The van der Waals surface area contributed by atoms with E-state index in [1.807, 2.05) is 31.2 Å². The van der Waals surface area contributed by atoms with Crippen molar-refractivity contribution in [3.8, 4) is 11.5 Å². The fraction of sp³-hybridized carbons (Fsp3) is 0.278. The number of hydrogen-bond donors (Lipinski definition) is 2. The fourth-order valence-electron chi connectivity index (χ4n) is 2.10. The summed E-state index contributed by atoms with van der Waals surface area (Å²) in [5, 5.41) is 2.99. The Morgan fingerprint density at radius 1 is 1.16 bits per heavy atom. The van der Waals surface area contributed by atoms with Gasteiger partial charge in [-0.2, -0.15) is 0 Å². The standard InChI is InChI=1S/C18H22FN3O2.HI/c1-3-13(24-16-10-6-4-8-14(16)19)12-21-18(20)22-15-9-5-7-11-17(15)23-2;/h4-11,13H,3,12H2,1-2H3,(H3,20,21,22);1H. The minimum absolute atomic E-state index is 0. The average molecular weight is 459 g/mol. The first-order valence-electron chi connectivity index (χ1n) is 7.75. The number of ether oxygens (including phenoxy) is 2. The van der Waals surface area contributed by atoms with Crippen molar-refractivity contribution >= 4 is 35.6 Å². The predicted octanol–water partition coefficient (Wildman–Crippen LogP) is 4.04. The Bertz CT molecular complexity index is 698. The van der Waals surface area contributed by atoms with Crippen molar-refractivity contribution in [2.24, 2.45) is 10.7 Å². The van der Waals surface area contributed by atoms with Crippen LogP contribution in [0.2, 0.25) is 0 Å². The number of para-hydroxylation sites is 3. The third-order valence-electron chi connectivity index (χ3n) is 3.42. The van der Waals surface area contributed by atoms with Gasteiger partial charge in [0.25, 0.3) is 0 Å². The number of nitrogens with zero attached hydrogens (tertiary/aromatic N) is 1. The zero-order chi connectivity index (χ0) is 17.4. The van der Waals surface area contributed by atoms with Gasteiger partial charge < -0.3 is 20.5 Å². The molecule has 0 amide bonds. The van der Waals surface area contributed by atoms with Crippen molar-refractivity contribution in [3.05, 3.63) is 54.3 Å². The molecular formula is C18H23FIN3O2. The lowest BCUT2D eigenvalue weighted by atomic mass is 10.2. The summed E-state index contributed by atoms with van der Waals surface area (Å²) in [7, 11) is 1.59. The first kappa shape index (κ1) is 21.0. The molecule has 1 atom stereocenters. The maximum absolute atomic E-state index is 13.6. The molecule has 0 saturated carbocycles. The largest absolute Gasteiger partial charge is 0.495 e. The maximum atomic E-state index is 13.6. The van der Waals surface area contributed by atoms with Crippen LogP contribution in [0.1, 0.15) is 13.3 Å². The van der Waals surface area contributed by atoms with Crippen molar-refractivity contribution in [1.82, 2.24) is 0 Å². The highest BCUT2D eigenvalue weighted by Crippen LogP contribution is 2.22. The lowest BCUT2D eigenvalue weighted by Gasteiger charge is -2.16. The minimum atomic E-state index is -0.389. The number of halogens is 2. The summed E-state index contributed by atoms with van der Waals surface area (Å²) in [6.45, 7) is 2.27. The van der Waals surface area contributed by atoms with Gasteiger partial charge in [-0.25, -0.2) is 9.38 Å². The Kier molecular flexibility index (Phi) is 9.04. The molecule has 1 unspecified atom stereocenters. The van der Waals surface area contributed by atoms with Gasteiger partial charge >= 0.3 is 0 Å². The number of hydrogen-bond acceptors (Lipinski definition) is 3. The van der Waals surface area contributed by atoms with Crippen molar-refractivity contribution in [2.75, 3.05) is 19.0 Å². The molecule has 25 heavy (non-hydrogen) atoms. The molecule has 0 saturated heterocycles. The number of nitrogens with one attached hydrogen (secondary N) is 1. The van der Waals surface area contributed by atoms with Crippen LogP contribution in [0.3, 0.4) is 0 Å². The molecule has 0 aromatic heterocycles. The van der Waals surface area contributed by atoms with Gasteiger partial charge in [-0.3, -0.25) is 0 Å². The minimum Gasteiger partial charge on any atom is -0.495 e. The highest BCUT2D eigenvalue weighted by molar-refractivity contribution is 14.0. The SMILES string of the molecule is CCC(CN=C(N)Nc1ccccc1OC)Oc1ccccc1F.I. The van der Waals surface area contributed by atoms with Crippen LogP contribution in [0.25, 0.3) is 0 Å². The Morgan fingerprint density at radius 2 is 1.80 bits per heavy atom. The van der Waals surface area contributed by atoms with E-state index in [1.54, 1.807) is 25.3 Å². The van der Waals surface area contributed by atoms with Crippen molar-refractivity contribution < 1.29 is 13.9 Å². The van der Waals surface area contributed by atoms with Crippen molar-refractivity contribution in [2.45, 2.75) is 19.4 Å². The molecule has 0 spiro atoms. The number of methoxy groups -OCH3 is 1. The molecule has 2 aromatic rings. The smallest absolute Gasteiger partial charge is 0.193 e. The van der Waals surface area contributed by atoms with Gasteiger partial charge in [0.15, 0.2) is 17.5 Å². The van der Waals surface area contributed by atoms with E-state index in [4.69, 9.17) is 15.2 Å². The lowest BCUT2D eigenvalue weighted by molar-refractivity contribution is 0.197. The lowest BCUT2D eigenvalue weighted by Crippen LogP contribution is -2.27. The van der Waals surface area contributed by atoms with E-state index >= 15 is 0 Å². The van der Waals surface area contributed by atoms with Gasteiger partial charge in [-0.05, 0) is 30.7 Å². The summed E-state index contributed by atoms with van der Waals surface area (Å²) in [5.41, 5.74) is 6.64. The number of benzene rings is 2. The van der Waals surface area contributed by atoms with E-state index in [1.165, 1.54) is 6.07 Å². The molecule has 0 aliphatic carbocycles. The average Bonchev–Trinajstić information content (AvgIpc) is 2.60. The number of anilines is 1. The number of guanidine groups is 1. The van der Waals surface area contributed by atoms with Crippen molar-refractivity contribution in [3.63, 3.8) is 0 Å². The van der Waals surface area contributed by atoms with E-state index < -0.39 is 0 Å². The first-order chi connectivity index (χ1) is 11.6. The van der Waals surface area contributed by atoms with Gasteiger partial charge in [0, 0.05) is 0 Å². The molecular weight excluding hydrogens is 436 g/mol. The van der Waals surface area contributed by atoms with Gasteiger partial charge in [-0.15, -0.1) is 24.0 Å². The number of nitrogens with two attached hydrogens (primary N) is 1. The van der Waals surface area contributed by atoms with E-state index in [2.05, 4.69) is 10.3 Å². The van der Waals surface area contributed by atoms with Crippen molar-refractivity contribution in [1.29, 1.82) is 0 Å². The second-order valence-electron chi connectivity index (χ2n) is 5.13. The van der Waals surface area contributed by atoms with Gasteiger partial charge in [-0.1, -0.05) is 31.2 Å². The highest BCUT2D eigenvalue weighted by Gasteiger charge is 2.11. The third-order valence-corrected chi connectivity index (χ3v) is 3.42. The van der Waals surface area contributed by atoms with Crippen LogP contribution >= 0.6 is 24.0 Å². The molecule has 0 fully saturated rings. The summed E-state index contributed by atoms with van der Waals surface area (Å²) in [5.74, 6) is 0.747. The number of rotatable bonds is 7. The summed E-state index contributed by atoms with van der Waals surface area (Å²) in [6.07, 6.45) is 0.416. The molecule has 0 bridgehead atoms. The predicted molar refractivity (Wildman–Crippen MR) is 110 cm³/mol. The number of aliphatic imine (C=N–C) groups is 1. The van der Waals surface area contributed by atoms with Crippen LogP contribution in [0.5, 0.6) is 11.5 Å². The Balaban J connectivity index is 0.00000312. The molecule has 7 heteroatoms. The van der Waals surface area contributed by atoms with Crippen LogP contribution < -0.4 is 20.5 Å². The van der Waals surface area contributed by atoms with Crippen LogP contribution in [-0.4, -0.2) is 25.7 Å². The van der Waals surface area contributed by atoms with Gasteiger partial charge in [0.05, 0.1) is 19.3 Å².